The molecule has 0 amide bonds. The van der Waals surface area contributed by atoms with Crippen LogP contribution in [0.4, 0.5) is 0 Å². The quantitative estimate of drug-likeness (QED) is 0.643. The van der Waals surface area contributed by atoms with Crippen molar-refractivity contribution in [3.05, 3.63) is 35.9 Å². The standard InChI is InChI=1S/C18H29N3/c1-3-21(4-2)17(19)20-15-18(12-8-9-13-18)14-16-10-6-5-7-11-16/h5-7,10-11H,3-4,8-9,12-15H2,1-2H3,(H2,19,20). The number of nitrogens with two attached hydrogens (primary N) is 1. The van der Waals surface area contributed by atoms with Crippen molar-refractivity contribution in [2.75, 3.05) is 19.6 Å². The van der Waals surface area contributed by atoms with Gasteiger partial charge < -0.3 is 10.6 Å². The zero-order chi connectivity index (χ0) is 15.1. The van der Waals surface area contributed by atoms with Crippen molar-refractivity contribution in [1.82, 2.24) is 4.90 Å². The van der Waals surface area contributed by atoms with Gasteiger partial charge in [0.2, 0.25) is 0 Å². The minimum Gasteiger partial charge on any atom is -0.370 e. The zero-order valence-electron chi connectivity index (χ0n) is 13.5. The van der Waals surface area contributed by atoms with E-state index in [4.69, 9.17) is 10.7 Å². The molecule has 0 heterocycles. The van der Waals surface area contributed by atoms with Crippen LogP contribution in [0.5, 0.6) is 0 Å². The summed E-state index contributed by atoms with van der Waals surface area (Å²) in [7, 11) is 0. The normalized spacial score (nSPS) is 17.9. The average molecular weight is 287 g/mol. The van der Waals surface area contributed by atoms with Crippen LogP contribution in [-0.4, -0.2) is 30.5 Å². The predicted octanol–water partition coefficient (Wildman–Crippen LogP) is 3.45. The SMILES string of the molecule is CCN(CC)C(N)=NCC1(Cc2ccccc2)CCCC1. The molecule has 0 spiro atoms. The lowest BCUT2D eigenvalue weighted by atomic mass is 9.80. The summed E-state index contributed by atoms with van der Waals surface area (Å²) in [5, 5.41) is 0. The summed E-state index contributed by atoms with van der Waals surface area (Å²) in [6.07, 6.45) is 6.33. The molecule has 1 fully saturated rings. The first-order chi connectivity index (χ1) is 10.2. The Labute approximate surface area is 129 Å². The molecule has 0 saturated heterocycles. The van der Waals surface area contributed by atoms with Gasteiger partial charge in [-0.2, -0.15) is 0 Å². The molecule has 1 saturated carbocycles. The van der Waals surface area contributed by atoms with E-state index in [2.05, 4.69) is 49.1 Å². The molecule has 116 valence electrons. The second-order valence-electron chi connectivity index (χ2n) is 6.22. The summed E-state index contributed by atoms with van der Waals surface area (Å²) in [6, 6.07) is 10.8. The van der Waals surface area contributed by atoms with Crippen molar-refractivity contribution < 1.29 is 0 Å². The van der Waals surface area contributed by atoms with Gasteiger partial charge in [0.15, 0.2) is 5.96 Å². The van der Waals surface area contributed by atoms with Crippen LogP contribution < -0.4 is 5.73 Å². The third-order valence-corrected chi connectivity index (χ3v) is 4.75. The fourth-order valence-corrected chi connectivity index (χ4v) is 3.44. The number of aliphatic imine (C=N–C) groups is 1. The third-order valence-electron chi connectivity index (χ3n) is 4.75. The van der Waals surface area contributed by atoms with Gasteiger partial charge in [0.05, 0.1) is 0 Å². The van der Waals surface area contributed by atoms with E-state index < -0.39 is 0 Å². The van der Waals surface area contributed by atoms with Gasteiger partial charge in [-0.15, -0.1) is 0 Å². The average Bonchev–Trinajstić information content (AvgIpc) is 2.96. The highest BCUT2D eigenvalue weighted by Crippen LogP contribution is 2.41. The lowest BCUT2D eigenvalue weighted by Gasteiger charge is -2.28. The maximum Gasteiger partial charge on any atom is 0.191 e. The molecule has 1 aromatic rings. The van der Waals surface area contributed by atoms with Crippen LogP contribution in [-0.2, 0) is 6.42 Å². The van der Waals surface area contributed by atoms with E-state index in [1.165, 1.54) is 31.2 Å². The van der Waals surface area contributed by atoms with E-state index in [9.17, 15) is 0 Å². The molecular formula is C18H29N3. The molecule has 21 heavy (non-hydrogen) atoms. The fourth-order valence-electron chi connectivity index (χ4n) is 3.44. The van der Waals surface area contributed by atoms with Gasteiger partial charge in [-0.1, -0.05) is 43.2 Å². The van der Waals surface area contributed by atoms with E-state index in [1.54, 1.807) is 0 Å². The highest BCUT2D eigenvalue weighted by molar-refractivity contribution is 5.78. The Morgan fingerprint density at radius 2 is 1.76 bits per heavy atom. The van der Waals surface area contributed by atoms with Crippen molar-refractivity contribution in [2.45, 2.75) is 46.0 Å². The van der Waals surface area contributed by atoms with Crippen LogP contribution in [0.1, 0.15) is 45.1 Å². The molecule has 0 unspecified atom stereocenters. The molecule has 1 aliphatic carbocycles. The molecule has 0 aliphatic heterocycles. The van der Waals surface area contributed by atoms with E-state index >= 15 is 0 Å². The lowest BCUT2D eigenvalue weighted by Crippen LogP contribution is -2.38. The molecule has 0 aromatic heterocycles. The van der Waals surface area contributed by atoms with Crippen LogP contribution in [0.15, 0.2) is 35.3 Å². The number of guanidine groups is 1. The largest absolute Gasteiger partial charge is 0.370 e. The molecule has 0 atom stereocenters. The first kappa shape index (κ1) is 15.9. The summed E-state index contributed by atoms with van der Waals surface area (Å²) in [6.45, 7) is 6.97. The van der Waals surface area contributed by atoms with E-state index in [0.29, 0.717) is 11.4 Å². The van der Waals surface area contributed by atoms with Gasteiger partial charge in [0.1, 0.15) is 0 Å². The minimum atomic E-state index is 0.319. The number of hydrogen-bond acceptors (Lipinski definition) is 1. The minimum absolute atomic E-state index is 0.319. The van der Waals surface area contributed by atoms with Gasteiger partial charge in [-0.25, -0.2) is 0 Å². The molecular weight excluding hydrogens is 258 g/mol. The summed E-state index contributed by atoms with van der Waals surface area (Å²) in [5.41, 5.74) is 7.89. The smallest absolute Gasteiger partial charge is 0.191 e. The van der Waals surface area contributed by atoms with Crippen molar-refractivity contribution in [3.8, 4) is 0 Å². The predicted molar refractivity (Wildman–Crippen MR) is 90.5 cm³/mol. The maximum absolute atomic E-state index is 6.15. The second-order valence-corrected chi connectivity index (χ2v) is 6.22. The molecule has 3 heteroatoms. The Morgan fingerprint density at radius 3 is 2.33 bits per heavy atom. The molecule has 0 radical (unpaired) electrons. The van der Waals surface area contributed by atoms with Crippen LogP contribution >= 0.6 is 0 Å². The van der Waals surface area contributed by atoms with E-state index in [1.807, 2.05) is 0 Å². The highest BCUT2D eigenvalue weighted by Gasteiger charge is 2.33. The van der Waals surface area contributed by atoms with E-state index in [-0.39, 0.29) is 0 Å². The van der Waals surface area contributed by atoms with Crippen molar-refractivity contribution in [1.29, 1.82) is 0 Å². The molecule has 2 rings (SSSR count). The first-order valence-corrected chi connectivity index (χ1v) is 8.28. The van der Waals surface area contributed by atoms with Gasteiger partial charge in [-0.05, 0) is 44.1 Å². The fraction of sp³-hybridized carbons (Fsp3) is 0.611. The van der Waals surface area contributed by atoms with Crippen LogP contribution in [0, 0.1) is 5.41 Å². The molecule has 1 aromatic carbocycles. The molecule has 0 bridgehead atoms. The van der Waals surface area contributed by atoms with Gasteiger partial charge >= 0.3 is 0 Å². The lowest BCUT2D eigenvalue weighted by molar-refractivity contribution is 0.305. The zero-order valence-corrected chi connectivity index (χ0v) is 13.5. The van der Waals surface area contributed by atoms with Crippen LogP contribution in [0.2, 0.25) is 0 Å². The monoisotopic (exact) mass is 287 g/mol. The number of nitrogens with zero attached hydrogens (tertiary/aromatic N) is 2. The maximum atomic E-state index is 6.15. The Morgan fingerprint density at radius 1 is 1.14 bits per heavy atom. The van der Waals surface area contributed by atoms with Crippen molar-refractivity contribution in [3.63, 3.8) is 0 Å². The Kier molecular flexibility index (Phi) is 5.66. The Bertz CT molecular complexity index is 443. The number of hydrogen-bond donors (Lipinski definition) is 1. The molecule has 2 N–H and O–H groups in total. The summed E-state index contributed by atoms with van der Waals surface area (Å²) in [5.74, 6) is 0.708. The van der Waals surface area contributed by atoms with Gasteiger partial charge in [0.25, 0.3) is 0 Å². The van der Waals surface area contributed by atoms with Gasteiger partial charge in [0, 0.05) is 19.6 Å². The molecule has 1 aliphatic rings. The summed E-state index contributed by atoms with van der Waals surface area (Å²) < 4.78 is 0. The van der Waals surface area contributed by atoms with Crippen molar-refractivity contribution in [2.24, 2.45) is 16.1 Å². The van der Waals surface area contributed by atoms with Gasteiger partial charge in [-0.3, -0.25) is 4.99 Å². The van der Waals surface area contributed by atoms with Crippen LogP contribution in [0.3, 0.4) is 0 Å². The van der Waals surface area contributed by atoms with Crippen molar-refractivity contribution >= 4 is 5.96 Å². The number of rotatable bonds is 6. The summed E-state index contributed by atoms with van der Waals surface area (Å²) in [4.78, 5) is 6.87. The van der Waals surface area contributed by atoms with E-state index in [0.717, 1.165) is 26.1 Å². The topological polar surface area (TPSA) is 41.6 Å². The highest BCUT2D eigenvalue weighted by atomic mass is 15.2. The Balaban J connectivity index is 2.07. The molecule has 3 nitrogen and oxygen atoms in total. The summed E-state index contributed by atoms with van der Waals surface area (Å²) >= 11 is 0. The number of benzene rings is 1. The third kappa shape index (κ3) is 4.23. The van der Waals surface area contributed by atoms with Crippen LogP contribution in [0.25, 0.3) is 0 Å². The second kappa shape index (κ2) is 7.48. The Hall–Kier alpha value is -1.51. The first-order valence-electron chi connectivity index (χ1n) is 8.28.